The summed E-state index contributed by atoms with van der Waals surface area (Å²) >= 11 is 0. The van der Waals surface area contributed by atoms with Crippen molar-refractivity contribution in [3.05, 3.63) is 42.2 Å². The maximum Gasteiger partial charge on any atom is 0.586 e. The van der Waals surface area contributed by atoms with E-state index in [2.05, 4.69) is 19.8 Å². The molecule has 2 heterocycles. The molecule has 12 heteroatoms. The maximum atomic E-state index is 13.1. The van der Waals surface area contributed by atoms with Crippen LogP contribution in [0, 0.1) is 0 Å². The Bertz CT molecular complexity index is 1320. The second-order valence-electron chi connectivity index (χ2n) is 7.40. The van der Waals surface area contributed by atoms with E-state index in [9.17, 15) is 22.0 Å². The van der Waals surface area contributed by atoms with E-state index >= 15 is 0 Å². The molecule has 3 aromatic rings. The lowest BCUT2D eigenvalue weighted by atomic mass is 10.2. The summed E-state index contributed by atoms with van der Waals surface area (Å²) in [4.78, 5) is 16.9. The Morgan fingerprint density at radius 2 is 1.88 bits per heavy atom. The summed E-state index contributed by atoms with van der Waals surface area (Å²) in [6, 6.07) is 8.66. The molecular formula is C20H20F2N4O5S. The molecule has 0 aliphatic carbocycles. The zero-order valence-electron chi connectivity index (χ0n) is 17.4. The van der Waals surface area contributed by atoms with Crippen molar-refractivity contribution >= 4 is 32.7 Å². The van der Waals surface area contributed by atoms with Crippen molar-refractivity contribution in [2.24, 2.45) is 7.05 Å². The molecule has 2 aromatic carbocycles. The van der Waals surface area contributed by atoms with E-state index in [4.69, 9.17) is 0 Å². The van der Waals surface area contributed by atoms with Gasteiger partial charge >= 0.3 is 6.29 Å². The molecule has 0 fully saturated rings. The molecule has 1 amide bonds. The third-order valence-electron chi connectivity index (χ3n) is 4.98. The third-order valence-corrected chi connectivity index (χ3v) is 6.80. The highest BCUT2D eigenvalue weighted by molar-refractivity contribution is 7.89. The predicted molar refractivity (Wildman–Crippen MR) is 111 cm³/mol. The Balaban J connectivity index is 1.45. The number of nitrogens with one attached hydrogen (secondary N) is 1. The van der Waals surface area contributed by atoms with Gasteiger partial charge in [-0.3, -0.25) is 4.79 Å². The van der Waals surface area contributed by atoms with E-state index in [1.165, 1.54) is 44.4 Å². The number of carbonyl (C=O) groups excluding carboxylic acids is 1. The van der Waals surface area contributed by atoms with E-state index in [1.807, 2.05) is 0 Å². The van der Waals surface area contributed by atoms with Gasteiger partial charge in [0.1, 0.15) is 5.82 Å². The molecular weight excluding hydrogens is 446 g/mol. The second kappa shape index (κ2) is 7.71. The van der Waals surface area contributed by atoms with Crippen molar-refractivity contribution < 1.29 is 31.5 Å². The van der Waals surface area contributed by atoms with Crippen molar-refractivity contribution in [3.63, 3.8) is 0 Å². The lowest BCUT2D eigenvalue weighted by molar-refractivity contribution is -0.286. The number of alkyl halides is 2. The van der Waals surface area contributed by atoms with Gasteiger partial charge in [0.05, 0.1) is 15.9 Å². The molecule has 170 valence electrons. The average Bonchev–Trinajstić information content (AvgIpc) is 3.20. The first kappa shape index (κ1) is 22.0. The van der Waals surface area contributed by atoms with E-state index < -0.39 is 16.3 Å². The molecule has 4 rings (SSSR count). The number of ether oxygens (including phenoxy) is 2. The van der Waals surface area contributed by atoms with Crippen LogP contribution in [0.4, 0.5) is 14.5 Å². The van der Waals surface area contributed by atoms with E-state index in [-0.39, 0.29) is 35.1 Å². The zero-order chi connectivity index (χ0) is 23.3. The van der Waals surface area contributed by atoms with Crippen LogP contribution >= 0.6 is 0 Å². The number of hydrogen-bond donors (Lipinski definition) is 1. The normalized spacial score (nSPS) is 14.8. The van der Waals surface area contributed by atoms with Gasteiger partial charge < -0.3 is 19.4 Å². The summed E-state index contributed by atoms with van der Waals surface area (Å²) < 4.78 is 62.5. The monoisotopic (exact) mass is 466 g/mol. The van der Waals surface area contributed by atoms with Crippen LogP contribution < -0.4 is 14.8 Å². The van der Waals surface area contributed by atoms with Crippen LogP contribution in [0.15, 0.2) is 41.3 Å². The summed E-state index contributed by atoms with van der Waals surface area (Å²) in [5.74, 6) is -0.0200. The van der Waals surface area contributed by atoms with Gasteiger partial charge in [0.2, 0.25) is 15.9 Å². The molecule has 1 aliphatic rings. The van der Waals surface area contributed by atoms with Gasteiger partial charge in [-0.1, -0.05) is 0 Å². The fourth-order valence-electron chi connectivity index (χ4n) is 3.30. The number of imidazole rings is 1. The molecule has 1 N–H and O–H groups in total. The lowest BCUT2D eigenvalue weighted by Gasteiger charge is -2.10. The summed E-state index contributed by atoms with van der Waals surface area (Å²) in [6.45, 7) is 0. The van der Waals surface area contributed by atoms with Crippen LogP contribution in [-0.2, 0) is 28.3 Å². The van der Waals surface area contributed by atoms with Crippen molar-refractivity contribution in [2.75, 3.05) is 19.4 Å². The zero-order valence-corrected chi connectivity index (χ0v) is 18.2. The largest absolute Gasteiger partial charge is 0.586 e. The number of anilines is 1. The number of nitrogens with zero attached hydrogens (tertiary/aromatic N) is 3. The van der Waals surface area contributed by atoms with Gasteiger partial charge in [-0.15, -0.1) is 8.78 Å². The number of carbonyl (C=O) groups is 1. The molecule has 0 unspecified atom stereocenters. The molecule has 0 spiro atoms. The Morgan fingerprint density at radius 3 is 2.59 bits per heavy atom. The number of sulfonamides is 1. The van der Waals surface area contributed by atoms with Gasteiger partial charge in [-0.05, 0) is 30.3 Å². The number of aryl methyl sites for hydroxylation is 2. The quantitative estimate of drug-likeness (QED) is 0.599. The Morgan fingerprint density at radius 1 is 1.16 bits per heavy atom. The molecule has 1 aromatic heterocycles. The third kappa shape index (κ3) is 4.10. The van der Waals surface area contributed by atoms with Crippen molar-refractivity contribution in [2.45, 2.75) is 24.0 Å². The van der Waals surface area contributed by atoms with Crippen molar-refractivity contribution in [3.8, 4) is 11.5 Å². The summed E-state index contributed by atoms with van der Waals surface area (Å²) in [5, 5.41) is 2.62. The van der Waals surface area contributed by atoms with Crippen LogP contribution in [-0.4, -0.2) is 48.6 Å². The number of aromatic nitrogens is 2. The summed E-state index contributed by atoms with van der Waals surface area (Å²) in [5.41, 5.74) is 1.52. The highest BCUT2D eigenvalue weighted by atomic mass is 32.2. The van der Waals surface area contributed by atoms with Crippen LogP contribution in [0.1, 0.15) is 12.2 Å². The minimum absolute atomic E-state index is 0.0740. The predicted octanol–water partition coefficient (Wildman–Crippen LogP) is 2.72. The minimum atomic E-state index is -3.73. The first-order valence-corrected chi connectivity index (χ1v) is 11.0. The first-order chi connectivity index (χ1) is 15.0. The highest BCUT2D eigenvalue weighted by Gasteiger charge is 2.43. The number of rotatable bonds is 6. The molecule has 0 bridgehead atoms. The molecule has 0 atom stereocenters. The Kier molecular flexibility index (Phi) is 5.29. The molecule has 1 aliphatic heterocycles. The fraction of sp³-hybridized carbons (Fsp3) is 0.300. The smallest absolute Gasteiger partial charge is 0.395 e. The Hall–Kier alpha value is -3.25. The lowest BCUT2D eigenvalue weighted by Crippen LogP contribution is -2.25. The number of hydrogen-bond acceptors (Lipinski definition) is 6. The molecule has 9 nitrogen and oxygen atoms in total. The number of halogens is 2. The van der Waals surface area contributed by atoms with E-state index in [1.54, 1.807) is 17.7 Å². The van der Waals surface area contributed by atoms with Gasteiger partial charge in [-0.25, -0.2) is 17.7 Å². The van der Waals surface area contributed by atoms with E-state index in [0.717, 1.165) is 9.82 Å². The van der Waals surface area contributed by atoms with Crippen LogP contribution in [0.5, 0.6) is 11.5 Å². The van der Waals surface area contributed by atoms with Crippen molar-refractivity contribution in [1.29, 1.82) is 0 Å². The second-order valence-corrected chi connectivity index (χ2v) is 9.55. The topological polar surface area (TPSA) is 103 Å². The fourth-order valence-corrected chi connectivity index (χ4v) is 4.22. The van der Waals surface area contributed by atoms with Gasteiger partial charge in [0.15, 0.2) is 11.5 Å². The summed E-state index contributed by atoms with van der Waals surface area (Å²) in [6.07, 6.45) is -3.36. The highest BCUT2D eigenvalue weighted by Crippen LogP contribution is 2.42. The van der Waals surface area contributed by atoms with Crippen LogP contribution in [0.2, 0.25) is 0 Å². The first-order valence-electron chi connectivity index (χ1n) is 9.54. The van der Waals surface area contributed by atoms with Crippen LogP contribution in [0.25, 0.3) is 11.0 Å². The molecule has 0 saturated carbocycles. The molecule has 32 heavy (non-hydrogen) atoms. The summed E-state index contributed by atoms with van der Waals surface area (Å²) in [7, 11) is 1.09. The minimum Gasteiger partial charge on any atom is -0.395 e. The SMILES string of the molecule is CN(C)S(=O)(=O)c1ccc2c(c1)nc(CCC(=O)Nc1ccc3c(c1)OC(F)(F)O3)n2C. The van der Waals surface area contributed by atoms with Gasteiger partial charge in [-0.2, -0.15) is 0 Å². The van der Waals surface area contributed by atoms with Crippen molar-refractivity contribution in [1.82, 2.24) is 13.9 Å². The van der Waals surface area contributed by atoms with Gasteiger partial charge in [0, 0.05) is 45.7 Å². The van der Waals surface area contributed by atoms with Crippen LogP contribution in [0.3, 0.4) is 0 Å². The maximum absolute atomic E-state index is 13.1. The standard InChI is InChI=1S/C20H20F2N4O5S/c1-25(2)32(28,29)13-5-6-15-14(11-13)24-18(26(15)3)8-9-19(27)23-12-4-7-16-17(10-12)31-20(21,22)30-16/h4-7,10-11H,8-9H2,1-3H3,(H,23,27). The molecule has 0 radical (unpaired) electrons. The van der Waals surface area contributed by atoms with Gasteiger partial charge in [0.25, 0.3) is 0 Å². The Labute approximate surface area is 182 Å². The van der Waals surface area contributed by atoms with E-state index in [0.29, 0.717) is 17.0 Å². The number of fused-ring (bicyclic) bond motifs is 2. The molecule has 0 saturated heterocycles. The number of amides is 1. The average molecular weight is 466 g/mol. The number of benzene rings is 2.